The minimum atomic E-state index is -1.34. The van der Waals surface area contributed by atoms with Gasteiger partial charge < -0.3 is 31.8 Å². The number of hydrogen-bond acceptors (Lipinski definition) is 6. The molecule has 88 valence electrons. The van der Waals surface area contributed by atoms with Gasteiger partial charge in [-0.15, -0.1) is 0 Å². The Balaban J connectivity index is 4.36. The maximum absolute atomic E-state index is 11.1. The molecule has 0 heterocycles. The third-order valence-corrected chi connectivity index (χ3v) is 1.90. The van der Waals surface area contributed by atoms with Crippen LogP contribution in [0, 0.1) is 0 Å². The number of aldehydes is 1. The molecule has 7 N–H and O–H groups in total. The normalized spacial score (nSPS) is 18.7. The zero-order valence-electron chi connectivity index (χ0n) is 8.46. The average Bonchev–Trinajstić information content (AvgIpc) is 2.23. The van der Waals surface area contributed by atoms with Crippen molar-refractivity contribution in [3.8, 4) is 0 Å². The van der Waals surface area contributed by atoms with Crippen LogP contribution in [0.1, 0.15) is 6.92 Å². The molecule has 1 amide bonds. The lowest BCUT2D eigenvalue weighted by Crippen LogP contribution is -2.56. The van der Waals surface area contributed by atoms with Crippen molar-refractivity contribution in [3.63, 3.8) is 0 Å². The highest BCUT2D eigenvalue weighted by Gasteiger charge is 2.26. The quantitative estimate of drug-likeness (QED) is 0.296. The van der Waals surface area contributed by atoms with Gasteiger partial charge in [-0.1, -0.05) is 0 Å². The molecule has 0 aliphatic rings. The standard InChI is InChI=1S/C8H17N3O4/c1-4(9)8(15)11-6(3-13)7(14)5(10)2-12/h2,4-7,13-14H,3,9-10H2,1H3,(H,11,15). The molecule has 4 atom stereocenters. The Labute approximate surface area is 87.4 Å². The predicted octanol–water partition coefficient (Wildman–Crippen LogP) is -3.30. The number of nitrogens with two attached hydrogens (primary N) is 2. The van der Waals surface area contributed by atoms with Crippen LogP contribution in [0.15, 0.2) is 0 Å². The lowest BCUT2D eigenvalue weighted by atomic mass is 10.1. The minimum absolute atomic E-state index is 0.339. The lowest BCUT2D eigenvalue weighted by Gasteiger charge is -2.24. The van der Waals surface area contributed by atoms with Crippen LogP contribution in [0.25, 0.3) is 0 Å². The van der Waals surface area contributed by atoms with Gasteiger partial charge in [0, 0.05) is 0 Å². The highest BCUT2D eigenvalue weighted by molar-refractivity contribution is 5.81. The average molecular weight is 219 g/mol. The first kappa shape index (κ1) is 14.0. The zero-order valence-corrected chi connectivity index (χ0v) is 8.46. The summed E-state index contributed by atoms with van der Waals surface area (Å²) in [7, 11) is 0. The topological polar surface area (TPSA) is 139 Å². The predicted molar refractivity (Wildman–Crippen MR) is 52.7 cm³/mol. The van der Waals surface area contributed by atoms with Crippen LogP contribution >= 0.6 is 0 Å². The summed E-state index contributed by atoms with van der Waals surface area (Å²) in [5, 5.41) is 20.6. The van der Waals surface area contributed by atoms with Crippen molar-refractivity contribution in [2.45, 2.75) is 31.2 Å². The third kappa shape index (κ3) is 4.34. The number of amides is 1. The molecule has 0 aromatic carbocycles. The largest absolute Gasteiger partial charge is 0.394 e. The maximum Gasteiger partial charge on any atom is 0.237 e. The van der Waals surface area contributed by atoms with Gasteiger partial charge in [0.15, 0.2) is 0 Å². The van der Waals surface area contributed by atoms with Crippen molar-refractivity contribution >= 4 is 12.2 Å². The smallest absolute Gasteiger partial charge is 0.237 e. The van der Waals surface area contributed by atoms with Crippen LogP contribution in [0.2, 0.25) is 0 Å². The van der Waals surface area contributed by atoms with Gasteiger partial charge in [0.2, 0.25) is 5.91 Å². The van der Waals surface area contributed by atoms with Crippen LogP contribution < -0.4 is 16.8 Å². The molecule has 0 spiro atoms. The van der Waals surface area contributed by atoms with E-state index < -0.39 is 36.7 Å². The second-order valence-electron chi connectivity index (χ2n) is 3.29. The van der Waals surface area contributed by atoms with Gasteiger partial charge in [-0.2, -0.15) is 0 Å². The molecular formula is C8H17N3O4. The molecule has 0 rings (SSSR count). The molecule has 0 saturated carbocycles. The number of aliphatic hydroxyl groups is 2. The van der Waals surface area contributed by atoms with E-state index in [1.807, 2.05) is 0 Å². The van der Waals surface area contributed by atoms with E-state index in [-0.39, 0.29) is 0 Å². The van der Waals surface area contributed by atoms with Crippen LogP contribution in [0.4, 0.5) is 0 Å². The summed E-state index contributed by atoms with van der Waals surface area (Å²) < 4.78 is 0. The highest BCUT2D eigenvalue weighted by atomic mass is 16.3. The third-order valence-electron chi connectivity index (χ3n) is 1.90. The van der Waals surface area contributed by atoms with Gasteiger partial charge in [-0.25, -0.2) is 0 Å². The van der Waals surface area contributed by atoms with Crippen molar-refractivity contribution < 1.29 is 19.8 Å². The first-order chi connectivity index (χ1) is 6.93. The maximum atomic E-state index is 11.1. The molecule has 0 fully saturated rings. The fourth-order valence-corrected chi connectivity index (χ4v) is 0.902. The fraction of sp³-hybridized carbons (Fsp3) is 0.750. The van der Waals surface area contributed by atoms with Gasteiger partial charge >= 0.3 is 0 Å². The minimum Gasteiger partial charge on any atom is -0.394 e. The molecule has 0 aromatic heterocycles. The number of nitrogens with one attached hydrogen (secondary N) is 1. The summed E-state index contributed by atoms with van der Waals surface area (Å²) >= 11 is 0. The van der Waals surface area contributed by atoms with Crippen LogP contribution in [-0.4, -0.2) is 53.2 Å². The van der Waals surface area contributed by atoms with Gasteiger partial charge in [0.1, 0.15) is 6.29 Å². The number of rotatable bonds is 6. The summed E-state index contributed by atoms with van der Waals surface area (Å²) in [6.45, 7) is 0.928. The van der Waals surface area contributed by atoms with Crippen molar-refractivity contribution in [3.05, 3.63) is 0 Å². The number of hydrogen-bond donors (Lipinski definition) is 5. The van der Waals surface area contributed by atoms with Gasteiger partial charge in [0.05, 0.1) is 30.8 Å². The summed E-state index contributed by atoms with van der Waals surface area (Å²) in [5.41, 5.74) is 10.5. The fourth-order valence-electron chi connectivity index (χ4n) is 0.902. The van der Waals surface area contributed by atoms with E-state index in [1.165, 1.54) is 6.92 Å². The molecule has 0 bridgehead atoms. The Kier molecular flexibility index (Phi) is 6.02. The molecule has 0 radical (unpaired) electrons. The Bertz CT molecular complexity index is 222. The summed E-state index contributed by atoms with van der Waals surface area (Å²) in [6, 6.07) is -2.92. The summed E-state index contributed by atoms with van der Waals surface area (Å²) in [4.78, 5) is 21.4. The van der Waals surface area contributed by atoms with Gasteiger partial charge in [0.25, 0.3) is 0 Å². The second kappa shape index (κ2) is 6.46. The Morgan fingerprint density at radius 1 is 1.53 bits per heavy atom. The Morgan fingerprint density at radius 2 is 2.07 bits per heavy atom. The van der Waals surface area contributed by atoms with Crippen molar-refractivity contribution in [1.29, 1.82) is 0 Å². The van der Waals surface area contributed by atoms with Crippen LogP contribution in [-0.2, 0) is 9.59 Å². The van der Waals surface area contributed by atoms with E-state index in [9.17, 15) is 14.7 Å². The Hall–Kier alpha value is -1.02. The molecule has 0 aliphatic carbocycles. The van der Waals surface area contributed by atoms with E-state index >= 15 is 0 Å². The lowest BCUT2D eigenvalue weighted by molar-refractivity contribution is -0.125. The van der Waals surface area contributed by atoms with E-state index in [2.05, 4.69) is 5.32 Å². The number of aliphatic hydroxyl groups excluding tert-OH is 2. The molecule has 0 saturated heterocycles. The first-order valence-corrected chi connectivity index (χ1v) is 4.49. The van der Waals surface area contributed by atoms with E-state index in [1.54, 1.807) is 0 Å². The molecule has 0 aromatic rings. The van der Waals surface area contributed by atoms with Crippen molar-refractivity contribution in [2.75, 3.05) is 6.61 Å². The summed E-state index contributed by atoms with van der Waals surface area (Å²) in [6.07, 6.45) is -0.999. The number of carbonyl (C=O) groups excluding carboxylic acids is 2. The van der Waals surface area contributed by atoms with E-state index in [0.717, 1.165) is 0 Å². The highest BCUT2D eigenvalue weighted by Crippen LogP contribution is 1.97. The summed E-state index contributed by atoms with van der Waals surface area (Å²) in [5.74, 6) is -0.536. The van der Waals surface area contributed by atoms with E-state index in [4.69, 9.17) is 16.6 Å². The molecule has 7 heteroatoms. The first-order valence-electron chi connectivity index (χ1n) is 4.49. The van der Waals surface area contributed by atoms with E-state index in [0.29, 0.717) is 6.29 Å². The number of carbonyl (C=O) groups is 2. The SMILES string of the molecule is CC(N)C(=O)NC(CO)C(O)C(N)C=O. The Morgan fingerprint density at radius 3 is 2.40 bits per heavy atom. The molecule has 4 unspecified atom stereocenters. The second-order valence-corrected chi connectivity index (χ2v) is 3.29. The molecule has 7 nitrogen and oxygen atoms in total. The van der Waals surface area contributed by atoms with Crippen molar-refractivity contribution in [2.24, 2.45) is 11.5 Å². The van der Waals surface area contributed by atoms with Crippen LogP contribution in [0.5, 0.6) is 0 Å². The van der Waals surface area contributed by atoms with Gasteiger partial charge in [-0.05, 0) is 6.92 Å². The monoisotopic (exact) mass is 219 g/mol. The van der Waals surface area contributed by atoms with Crippen molar-refractivity contribution in [1.82, 2.24) is 5.32 Å². The molecule has 0 aliphatic heterocycles. The molecule has 15 heavy (non-hydrogen) atoms. The van der Waals surface area contributed by atoms with Gasteiger partial charge in [-0.3, -0.25) is 4.79 Å². The zero-order chi connectivity index (χ0) is 12.0. The van der Waals surface area contributed by atoms with Crippen LogP contribution in [0.3, 0.4) is 0 Å². The molecular weight excluding hydrogens is 202 g/mol.